The van der Waals surface area contributed by atoms with Crippen LogP contribution in [0.2, 0.25) is 0 Å². The number of amides is 1. The van der Waals surface area contributed by atoms with Gasteiger partial charge >= 0.3 is 0 Å². The number of hydrogen-bond acceptors (Lipinski definition) is 4. The fourth-order valence-electron chi connectivity index (χ4n) is 2.26. The van der Waals surface area contributed by atoms with Crippen molar-refractivity contribution in [3.63, 3.8) is 0 Å². The predicted molar refractivity (Wildman–Crippen MR) is 72.7 cm³/mol. The Morgan fingerprint density at radius 3 is 2.89 bits per heavy atom. The Balaban J connectivity index is 2.03. The summed E-state index contributed by atoms with van der Waals surface area (Å²) in [6.45, 7) is 2.11. The second kappa shape index (κ2) is 6.14. The number of carbonyl (C=O) groups excluding carboxylic acids is 1. The van der Waals surface area contributed by atoms with Crippen molar-refractivity contribution in [2.75, 3.05) is 11.9 Å². The third-order valence-corrected chi connectivity index (χ3v) is 3.33. The number of rotatable bonds is 4. The zero-order valence-corrected chi connectivity index (χ0v) is 11.0. The second-order valence-electron chi connectivity index (χ2n) is 4.81. The zero-order valence-electron chi connectivity index (χ0n) is 11.0. The molecular weight excluding hydrogens is 244 g/mol. The maximum atomic E-state index is 12.1. The van der Waals surface area contributed by atoms with Crippen molar-refractivity contribution in [3.8, 4) is 0 Å². The smallest absolute Gasteiger partial charge is 0.253 e. The van der Waals surface area contributed by atoms with Gasteiger partial charge < -0.3 is 20.9 Å². The molecule has 5 heteroatoms. The van der Waals surface area contributed by atoms with Crippen LogP contribution < -0.4 is 11.1 Å². The molecule has 0 saturated carbocycles. The molecule has 0 spiro atoms. The molecule has 0 radical (unpaired) electrons. The number of aliphatic hydroxyl groups is 1. The highest BCUT2D eigenvalue weighted by Gasteiger charge is 2.30. The Morgan fingerprint density at radius 1 is 1.53 bits per heavy atom. The van der Waals surface area contributed by atoms with Crippen molar-refractivity contribution in [2.45, 2.75) is 38.1 Å². The Bertz CT molecular complexity index is 448. The van der Waals surface area contributed by atoms with Gasteiger partial charge in [-0.3, -0.25) is 4.79 Å². The average molecular weight is 264 g/mol. The SMILES string of the molecule is CC(O)c1ccccc1NC(=O)C1CCC(CN)O1. The van der Waals surface area contributed by atoms with Crippen LogP contribution >= 0.6 is 0 Å². The fourth-order valence-corrected chi connectivity index (χ4v) is 2.26. The van der Waals surface area contributed by atoms with Crippen molar-refractivity contribution in [2.24, 2.45) is 5.73 Å². The Morgan fingerprint density at radius 2 is 2.26 bits per heavy atom. The van der Waals surface area contributed by atoms with Gasteiger partial charge in [0.05, 0.1) is 12.2 Å². The number of aliphatic hydroxyl groups excluding tert-OH is 1. The third-order valence-electron chi connectivity index (χ3n) is 3.33. The molecule has 0 aliphatic carbocycles. The van der Waals surface area contributed by atoms with Crippen molar-refractivity contribution < 1.29 is 14.6 Å². The number of carbonyl (C=O) groups is 1. The van der Waals surface area contributed by atoms with Gasteiger partial charge in [0, 0.05) is 17.8 Å². The first-order chi connectivity index (χ1) is 9.11. The number of ether oxygens (including phenoxy) is 1. The molecule has 1 aliphatic heterocycles. The van der Waals surface area contributed by atoms with E-state index in [2.05, 4.69) is 5.32 Å². The summed E-state index contributed by atoms with van der Waals surface area (Å²) in [5.74, 6) is -0.177. The minimum Gasteiger partial charge on any atom is -0.389 e. The molecule has 1 saturated heterocycles. The molecule has 2 rings (SSSR count). The van der Waals surface area contributed by atoms with Crippen LogP contribution in [0.5, 0.6) is 0 Å². The lowest BCUT2D eigenvalue weighted by atomic mass is 10.1. The average Bonchev–Trinajstić information content (AvgIpc) is 2.88. The quantitative estimate of drug-likeness (QED) is 0.762. The molecule has 4 N–H and O–H groups in total. The molecular formula is C14H20N2O3. The number of nitrogens with two attached hydrogens (primary N) is 1. The minimum atomic E-state index is -0.627. The van der Waals surface area contributed by atoms with Gasteiger partial charge in [-0.05, 0) is 25.8 Å². The number of nitrogens with one attached hydrogen (secondary N) is 1. The maximum absolute atomic E-state index is 12.1. The Labute approximate surface area is 112 Å². The van der Waals surface area contributed by atoms with E-state index in [1.165, 1.54) is 0 Å². The van der Waals surface area contributed by atoms with Gasteiger partial charge in [0.25, 0.3) is 5.91 Å². The molecule has 1 aliphatic rings. The summed E-state index contributed by atoms with van der Waals surface area (Å²) >= 11 is 0. The van der Waals surface area contributed by atoms with Gasteiger partial charge in [0.15, 0.2) is 0 Å². The van der Waals surface area contributed by atoms with Gasteiger partial charge in [0.1, 0.15) is 6.10 Å². The van der Waals surface area contributed by atoms with E-state index in [4.69, 9.17) is 10.5 Å². The molecule has 1 aromatic rings. The summed E-state index contributed by atoms with van der Waals surface area (Å²) in [6, 6.07) is 7.21. The lowest BCUT2D eigenvalue weighted by molar-refractivity contribution is -0.126. The molecule has 3 atom stereocenters. The monoisotopic (exact) mass is 264 g/mol. The molecule has 1 fully saturated rings. The largest absolute Gasteiger partial charge is 0.389 e. The van der Waals surface area contributed by atoms with Crippen molar-refractivity contribution in [3.05, 3.63) is 29.8 Å². The molecule has 1 heterocycles. The topological polar surface area (TPSA) is 84.6 Å². The molecule has 5 nitrogen and oxygen atoms in total. The second-order valence-corrected chi connectivity index (χ2v) is 4.81. The third kappa shape index (κ3) is 3.32. The van der Waals surface area contributed by atoms with Crippen LogP contribution in [0.4, 0.5) is 5.69 Å². The lowest BCUT2D eigenvalue weighted by Crippen LogP contribution is -2.30. The molecule has 3 unspecified atom stereocenters. The van der Waals surface area contributed by atoms with Gasteiger partial charge in [-0.15, -0.1) is 0 Å². The molecule has 19 heavy (non-hydrogen) atoms. The van der Waals surface area contributed by atoms with Crippen molar-refractivity contribution in [1.82, 2.24) is 0 Å². The first-order valence-corrected chi connectivity index (χ1v) is 6.55. The van der Waals surface area contributed by atoms with Crippen LogP contribution in [-0.4, -0.2) is 29.8 Å². The predicted octanol–water partition coefficient (Wildman–Crippen LogP) is 1.18. The van der Waals surface area contributed by atoms with E-state index >= 15 is 0 Å². The Kier molecular flexibility index (Phi) is 4.52. The molecule has 0 aromatic heterocycles. The minimum absolute atomic E-state index is 0.0252. The zero-order chi connectivity index (χ0) is 13.8. The first-order valence-electron chi connectivity index (χ1n) is 6.55. The van der Waals surface area contributed by atoms with E-state index in [-0.39, 0.29) is 12.0 Å². The number of para-hydroxylation sites is 1. The van der Waals surface area contributed by atoms with Gasteiger partial charge in [-0.25, -0.2) is 0 Å². The van der Waals surface area contributed by atoms with E-state index < -0.39 is 12.2 Å². The molecule has 1 aromatic carbocycles. The number of hydrogen-bond donors (Lipinski definition) is 3. The van der Waals surface area contributed by atoms with Gasteiger partial charge in [0.2, 0.25) is 0 Å². The maximum Gasteiger partial charge on any atom is 0.253 e. The van der Waals surface area contributed by atoms with Crippen LogP contribution in [0.1, 0.15) is 31.4 Å². The summed E-state index contributed by atoms with van der Waals surface area (Å²) in [5, 5.41) is 12.5. The first kappa shape index (κ1) is 14.0. The molecule has 104 valence electrons. The van der Waals surface area contributed by atoms with Gasteiger partial charge in [-0.1, -0.05) is 18.2 Å². The van der Waals surface area contributed by atoms with E-state index in [0.29, 0.717) is 24.2 Å². The van der Waals surface area contributed by atoms with Crippen LogP contribution in [0.25, 0.3) is 0 Å². The van der Waals surface area contributed by atoms with E-state index in [1.807, 2.05) is 12.1 Å². The van der Waals surface area contributed by atoms with E-state index in [1.54, 1.807) is 19.1 Å². The standard InChI is InChI=1S/C14H20N2O3/c1-9(17)11-4-2-3-5-12(11)16-14(18)13-7-6-10(8-15)19-13/h2-5,9-10,13,17H,6-8,15H2,1H3,(H,16,18). The molecule has 1 amide bonds. The normalized spacial score (nSPS) is 24.2. The summed E-state index contributed by atoms with van der Waals surface area (Å²) in [5.41, 5.74) is 6.85. The summed E-state index contributed by atoms with van der Waals surface area (Å²) in [4.78, 5) is 12.1. The van der Waals surface area contributed by atoms with E-state index in [0.717, 1.165) is 6.42 Å². The fraction of sp³-hybridized carbons (Fsp3) is 0.500. The van der Waals surface area contributed by atoms with E-state index in [9.17, 15) is 9.90 Å². The summed E-state index contributed by atoms with van der Waals surface area (Å²) in [7, 11) is 0. The number of benzene rings is 1. The Hall–Kier alpha value is -1.43. The highest BCUT2D eigenvalue weighted by Crippen LogP contribution is 2.24. The lowest BCUT2D eigenvalue weighted by Gasteiger charge is -2.16. The number of anilines is 1. The highest BCUT2D eigenvalue weighted by molar-refractivity contribution is 5.95. The van der Waals surface area contributed by atoms with Crippen molar-refractivity contribution >= 4 is 11.6 Å². The van der Waals surface area contributed by atoms with Crippen LogP contribution in [-0.2, 0) is 9.53 Å². The summed E-state index contributed by atoms with van der Waals surface area (Å²) < 4.78 is 5.55. The molecule has 0 bridgehead atoms. The van der Waals surface area contributed by atoms with Gasteiger partial charge in [-0.2, -0.15) is 0 Å². The van der Waals surface area contributed by atoms with Crippen LogP contribution in [0.15, 0.2) is 24.3 Å². The van der Waals surface area contributed by atoms with Crippen LogP contribution in [0.3, 0.4) is 0 Å². The summed E-state index contributed by atoms with van der Waals surface area (Å²) in [6.07, 6.45) is 0.396. The van der Waals surface area contributed by atoms with Crippen LogP contribution in [0, 0.1) is 0 Å². The highest BCUT2D eigenvalue weighted by atomic mass is 16.5. The van der Waals surface area contributed by atoms with Crippen molar-refractivity contribution in [1.29, 1.82) is 0 Å².